The standard InChI is InChI=1S/C20H27NO/c1-4-21(5-2)15-16-22-20(18-9-7-6-8-10-18)19-13-11-17(3)12-14-19/h6-14,20H,4-5,15-16H2,1-3H3/t20-/m1/s1. The van der Waals surface area contributed by atoms with Crippen LogP contribution in [0.5, 0.6) is 0 Å². The maximum atomic E-state index is 6.25. The van der Waals surface area contributed by atoms with Crippen molar-refractivity contribution in [2.24, 2.45) is 0 Å². The van der Waals surface area contributed by atoms with Crippen molar-refractivity contribution in [1.29, 1.82) is 0 Å². The van der Waals surface area contributed by atoms with E-state index in [4.69, 9.17) is 4.74 Å². The summed E-state index contributed by atoms with van der Waals surface area (Å²) < 4.78 is 6.25. The Balaban J connectivity index is 2.10. The second-order valence-electron chi connectivity index (χ2n) is 5.60. The van der Waals surface area contributed by atoms with Gasteiger partial charge in [0.2, 0.25) is 0 Å². The Morgan fingerprint density at radius 3 is 2.05 bits per heavy atom. The average molecular weight is 297 g/mol. The molecule has 0 saturated heterocycles. The summed E-state index contributed by atoms with van der Waals surface area (Å²) in [5, 5.41) is 0. The van der Waals surface area contributed by atoms with E-state index in [1.165, 1.54) is 16.7 Å². The molecule has 0 unspecified atom stereocenters. The summed E-state index contributed by atoms with van der Waals surface area (Å²) in [4.78, 5) is 2.39. The van der Waals surface area contributed by atoms with Gasteiger partial charge in [-0.2, -0.15) is 0 Å². The van der Waals surface area contributed by atoms with E-state index in [1.54, 1.807) is 0 Å². The van der Waals surface area contributed by atoms with Crippen molar-refractivity contribution in [1.82, 2.24) is 4.90 Å². The Bertz CT molecular complexity index is 531. The highest BCUT2D eigenvalue weighted by molar-refractivity contribution is 5.31. The van der Waals surface area contributed by atoms with E-state index in [-0.39, 0.29) is 6.10 Å². The van der Waals surface area contributed by atoms with Crippen molar-refractivity contribution in [3.05, 3.63) is 71.3 Å². The van der Waals surface area contributed by atoms with Gasteiger partial charge < -0.3 is 9.64 Å². The second-order valence-corrected chi connectivity index (χ2v) is 5.60. The molecular weight excluding hydrogens is 270 g/mol. The fourth-order valence-corrected chi connectivity index (χ4v) is 2.59. The highest BCUT2D eigenvalue weighted by Gasteiger charge is 2.14. The largest absolute Gasteiger partial charge is 0.367 e. The predicted octanol–water partition coefficient (Wildman–Crippen LogP) is 4.44. The minimum absolute atomic E-state index is 0.0114. The van der Waals surface area contributed by atoms with Gasteiger partial charge in [0, 0.05) is 6.54 Å². The van der Waals surface area contributed by atoms with Gasteiger partial charge in [-0.15, -0.1) is 0 Å². The second kappa shape index (κ2) is 8.72. The van der Waals surface area contributed by atoms with Crippen LogP contribution in [-0.2, 0) is 4.74 Å². The lowest BCUT2D eigenvalue weighted by Crippen LogP contribution is -2.27. The SMILES string of the molecule is CCN(CC)CCO[C@H](c1ccccc1)c1ccc(C)cc1. The topological polar surface area (TPSA) is 12.5 Å². The highest BCUT2D eigenvalue weighted by atomic mass is 16.5. The first-order valence-corrected chi connectivity index (χ1v) is 8.20. The van der Waals surface area contributed by atoms with Crippen LogP contribution >= 0.6 is 0 Å². The van der Waals surface area contributed by atoms with Gasteiger partial charge in [-0.3, -0.25) is 0 Å². The molecule has 0 spiro atoms. The molecule has 1 atom stereocenters. The molecule has 0 heterocycles. The number of hydrogen-bond donors (Lipinski definition) is 0. The van der Waals surface area contributed by atoms with Crippen LogP contribution in [0.1, 0.15) is 36.6 Å². The number of hydrogen-bond acceptors (Lipinski definition) is 2. The summed E-state index contributed by atoms with van der Waals surface area (Å²) in [5.74, 6) is 0. The van der Waals surface area contributed by atoms with Crippen LogP contribution < -0.4 is 0 Å². The Morgan fingerprint density at radius 1 is 0.864 bits per heavy atom. The highest BCUT2D eigenvalue weighted by Crippen LogP contribution is 2.26. The van der Waals surface area contributed by atoms with Gasteiger partial charge >= 0.3 is 0 Å². The van der Waals surface area contributed by atoms with Crippen LogP contribution in [0, 0.1) is 6.92 Å². The Kier molecular flexibility index (Phi) is 6.63. The van der Waals surface area contributed by atoms with Crippen LogP contribution in [0.15, 0.2) is 54.6 Å². The number of ether oxygens (including phenoxy) is 1. The molecule has 0 aromatic heterocycles. The Labute approximate surface area is 134 Å². The van der Waals surface area contributed by atoms with Crippen molar-refractivity contribution in [2.75, 3.05) is 26.2 Å². The molecule has 0 N–H and O–H groups in total. The minimum atomic E-state index is 0.0114. The van der Waals surface area contributed by atoms with E-state index in [9.17, 15) is 0 Å². The van der Waals surface area contributed by atoms with E-state index >= 15 is 0 Å². The number of likely N-dealkylation sites (N-methyl/N-ethyl adjacent to an activating group) is 1. The smallest absolute Gasteiger partial charge is 0.108 e. The first kappa shape index (κ1) is 16.7. The Hall–Kier alpha value is -1.64. The lowest BCUT2D eigenvalue weighted by Gasteiger charge is -2.22. The maximum absolute atomic E-state index is 6.25. The lowest BCUT2D eigenvalue weighted by molar-refractivity contribution is 0.0619. The monoisotopic (exact) mass is 297 g/mol. The van der Waals surface area contributed by atoms with E-state index in [0.717, 1.165) is 26.2 Å². The number of benzene rings is 2. The third-order valence-corrected chi connectivity index (χ3v) is 4.07. The summed E-state index contributed by atoms with van der Waals surface area (Å²) in [5.41, 5.74) is 3.71. The quantitative estimate of drug-likeness (QED) is 0.714. The third-order valence-electron chi connectivity index (χ3n) is 4.07. The summed E-state index contributed by atoms with van der Waals surface area (Å²) >= 11 is 0. The molecule has 0 bridgehead atoms. The molecule has 22 heavy (non-hydrogen) atoms. The summed E-state index contributed by atoms with van der Waals surface area (Å²) in [7, 11) is 0. The zero-order valence-electron chi connectivity index (χ0n) is 14.0. The van der Waals surface area contributed by atoms with Crippen LogP contribution in [-0.4, -0.2) is 31.1 Å². The fourth-order valence-electron chi connectivity index (χ4n) is 2.59. The molecule has 0 aliphatic rings. The van der Waals surface area contributed by atoms with Crippen LogP contribution in [0.2, 0.25) is 0 Å². The lowest BCUT2D eigenvalue weighted by atomic mass is 10.0. The molecule has 2 nitrogen and oxygen atoms in total. The van der Waals surface area contributed by atoms with Gasteiger partial charge in [-0.05, 0) is 31.1 Å². The van der Waals surface area contributed by atoms with Crippen LogP contribution in [0.25, 0.3) is 0 Å². The van der Waals surface area contributed by atoms with Gasteiger partial charge in [0.05, 0.1) is 6.61 Å². The van der Waals surface area contributed by atoms with Crippen molar-refractivity contribution in [3.63, 3.8) is 0 Å². The normalized spacial score (nSPS) is 12.5. The van der Waals surface area contributed by atoms with Gasteiger partial charge in [-0.1, -0.05) is 74.0 Å². The maximum Gasteiger partial charge on any atom is 0.108 e. The van der Waals surface area contributed by atoms with E-state index in [0.29, 0.717) is 0 Å². The zero-order valence-corrected chi connectivity index (χ0v) is 14.0. The first-order valence-electron chi connectivity index (χ1n) is 8.20. The molecule has 2 aromatic rings. The van der Waals surface area contributed by atoms with Gasteiger partial charge in [0.25, 0.3) is 0 Å². The third kappa shape index (κ3) is 4.69. The molecule has 0 fully saturated rings. The summed E-state index contributed by atoms with van der Waals surface area (Å²) in [6, 6.07) is 19.1. The average Bonchev–Trinajstić information content (AvgIpc) is 2.57. The van der Waals surface area contributed by atoms with Crippen molar-refractivity contribution in [2.45, 2.75) is 26.9 Å². The molecular formula is C20H27NO. The molecule has 0 radical (unpaired) electrons. The van der Waals surface area contributed by atoms with Crippen molar-refractivity contribution < 1.29 is 4.74 Å². The number of nitrogens with zero attached hydrogens (tertiary/aromatic N) is 1. The molecule has 118 valence electrons. The van der Waals surface area contributed by atoms with E-state index < -0.39 is 0 Å². The molecule has 2 heteroatoms. The summed E-state index contributed by atoms with van der Waals surface area (Å²) in [6.45, 7) is 10.4. The van der Waals surface area contributed by atoms with Gasteiger partial charge in [0.15, 0.2) is 0 Å². The summed E-state index contributed by atoms with van der Waals surface area (Å²) in [6.07, 6.45) is 0.0114. The van der Waals surface area contributed by atoms with E-state index in [2.05, 4.69) is 74.2 Å². The molecule has 2 aromatic carbocycles. The fraction of sp³-hybridized carbons (Fsp3) is 0.400. The van der Waals surface area contributed by atoms with Crippen LogP contribution in [0.3, 0.4) is 0 Å². The van der Waals surface area contributed by atoms with Gasteiger partial charge in [0.1, 0.15) is 6.10 Å². The van der Waals surface area contributed by atoms with E-state index in [1.807, 2.05) is 6.07 Å². The van der Waals surface area contributed by atoms with Crippen LogP contribution in [0.4, 0.5) is 0 Å². The van der Waals surface area contributed by atoms with Crippen molar-refractivity contribution in [3.8, 4) is 0 Å². The predicted molar refractivity (Wildman–Crippen MR) is 93.2 cm³/mol. The molecule has 0 aliphatic carbocycles. The number of aryl methyl sites for hydroxylation is 1. The molecule has 0 saturated carbocycles. The minimum Gasteiger partial charge on any atom is -0.367 e. The van der Waals surface area contributed by atoms with Crippen molar-refractivity contribution >= 4 is 0 Å². The number of rotatable bonds is 8. The molecule has 0 amide bonds. The zero-order chi connectivity index (χ0) is 15.8. The molecule has 0 aliphatic heterocycles. The van der Waals surface area contributed by atoms with Gasteiger partial charge in [-0.25, -0.2) is 0 Å². The molecule has 2 rings (SSSR count). The Morgan fingerprint density at radius 2 is 1.45 bits per heavy atom. The first-order chi connectivity index (χ1) is 10.7.